The van der Waals surface area contributed by atoms with Crippen LogP contribution in [0.3, 0.4) is 0 Å². The van der Waals surface area contributed by atoms with Crippen LogP contribution in [0.5, 0.6) is 0 Å². The van der Waals surface area contributed by atoms with Gasteiger partial charge in [0.05, 0.1) is 21.7 Å². The fourth-order valence-electron chi connectivity index (χ4n) is 1.66. The van der Waals surface area contributed by atoms with Gasteiger partial charge in [0.2, 0.25) is 0 Å². The second-order valence-electron chi connectivity index (χ2n) is 3.79. The number of anilines is 1. The topological polar surface area (TPSA) is 29.0 Å². The van der Waals surface area contributed by atoms with E-state index < -0.39 is 0 Å². The van der Waals surface area contributed by atoms with Gasteiger partial charge in [-0.1, -0.05) is 17.7 Å². The molecule has 0 amide bonds. The van der Waals surface area contributed by atoms with Crippen molar-refractivity contribution in [3.63, 3.8) is 0 Å². The molecule has 2 aromatic rings. The Bertz CT molecular complexity index is 519. The third-order valence-electron chi connectivity index (χ3n) is 2.55. The van der Waals surface area contributed by atoms with Gasteiger partial charge in [-0.25, -0.2) is 4.98 Å². The fraction of sp³-hybridized carbons (Fsp3) is 0.231. The summed E-state index contributed by atoms with van der Waals surface area (Å²) in [6.45, 7) is 3.67. The number of rotatable bonds is 4. The van der Waals surface area contributed by atoms with Gasteiger partial charge in [-0.3, -0.25) is 4.98 Å². The van der Waals surface area contributed by atoms with Crippen molar-refractivity contribution < 1.29 is 0 Å². The minimum Gasteiger partial charge on any atom is -0.350 e. The second kappa shape index (κ2) is 6.16. The van der Waals surface area contributed by atoms with E-state index in [1.807, 2.05) is 24.3 Å². The van der Waals surface area contributed by atoms with Crippen LogP contribution in [-0.4, -0.2) is 16.5 Å². The molecule has 0 saturated heterocycles. The zero-order valence-electron chi connectivity index (χ0n) is 9.98. The Morgan fingerprint density at radius 1 is 1.33 bits per heavy atom. The van der Waals surface area contributed by atoms with Crippen LogP contribution in [0, 0.1) is 0 Å². The van der Waals surface area contributed by atoms with Gasteiger partial charge < -0.3 is 4.90 Å². The minimum absolute atomic E-state index is 0.625. The summed E-state index contributed by atoms with van der Waals surface area (Å²) in [5.41, 5.74) is 1.02. The number of aromatic nitrogens is 2. The van der Waals surface area contributed by atoms with Crippen LogP contribution in [-0.2, 0) is 6.54 Å². The summed E-state index contributed by atoms with van der Waals surface area (Å²) >= 11 is 9.39. The third kappa shape index (κ3) is 3.21. The summed E-state index contributed by atoms with van der Waals surface area (Å²) in [7, 11) is 0. The molecule has 3 nitrogen and oxygen atoms in total. The molecule has 0 radical (unpaired) electrons. The van der Waals surface area contributed by atoms with Crippen molar-refractivity contribution in [1.82, 2.24) is 9.97 Å². The van der Waals surface area contributed by atoms with Gasteiger partial charge in [0.15, 0.2) is 0 Å². The standard InChI is InChI=1S/C13H13BrClN3/c1-2-18(9-11-5-3-4-6-16-11)13-12(14)7-10(15)8-17-13/h3-8H,2,9H2,1H3. The van der Waals surface area contributed by atoms with E-state index in [0.717, 1.165) is 29.1 Å². The summed E-state index contributed by atoms with van der Waals surface area (Å²) in [5.74, 6) is 0.882. The molecule has 2 heterocycles. The highest BCUT2D eigenvalue weighted by Crippen LogP contribution is 2.27. The van der Waals surface area contributed by atoms with Gasteiger partial charge in [-0.05, 0) is 41.1 Å². The predicted octanol–water partition coefficient (Wildman–Crippen LogP) is 3.92. The highest BCUT2D eigenvalue weighted by atomic mass is 79.9. The van der Waals surface area contributed by atoms with Crippen LogP contribution >= 0.6 is 27.5 Å². The molecule has 0 saturated carbocycles. The summed E-state index contributed by atoms with van der Waals surface area (Å²) in [5, 5.41) is 0.625. The monoisotopic (exact) mass is 325 g/mol. The summed E-state index contributed by atoms with van der Waals surface area (Å²) in [4.78, 5) is 10.8. The first-order valence-corrected chi connectivity index (χ1v) is 6.83. The molecule has 0 aliphatic heterocycles. The Labute approximate surface area is 120 Å². The minimum atomic E-state index is 0.625. The molecule has 0 bridgehead atoms. The first-order chi connectivity index (χ1) is 8.70. The molecular weight excluding hydrogens is 314 g/mol. The lowest BCUT2D eigenvalue weighted by Gasteiger charge is -2.22. The molecule has 0 fully saturated rings. The molecule has 5 heteroatoms. The Kier molecular flexibility index (Phi) is 4.55. The average Bonchev–Trinajstić information content (AvgIpc) is 2.38. The molecule has 2 aromatic heterocycles. The molecule has 0 aliphatic carbocycles. The molecule has 0 atom stereocenters. The Balaban J connectivity index is 2.23. The van der Waals surface area contributed by atoms with Gasteiger partial charge >= 0.3 is 0 Å². The van der Waals surface area contributed by atoms with E-state index in [2.05, 4.69) is 37.7 Å². The maximum atomic E-state index is 5.90. The molecule has 0 aromatic carbocycles. The van der Waals surface area contributed by atoms with Crippen molar-refractivity contribution in [2.24, 2.45) is 0 Å². The Morgan fingerprint density at radius 2 is 2.17 bits per heavy atom. The second-order valence-corrected chi connectivity index (χ2v) is 5.08. The zero-order valence-corrected chi connectivity index (χ0v) is 12.3. The van der Waals surface area contributed by atoms with E-state index in [0.29, 0.717) is 5.02 Å². The van der Waals surface area contributed by atoms with Crippen LogP contribution in [0.1, 0.15) is 12.6 Å². The normalized spacial score (nSPS) is 10.4. The highest BCUT2D eigenvalue weighted by Gasteiger charge is 2.11. The van der Waals surface area contributed by atoms with Crippen molar-refractivity contribution in [2.45, 2.75) is 13.5 Å². The number of pyridine rings is 2. The van der Waals surface area contributed by atoms with E-state index in [4.69, 9.17) is 11.6 Å². The van der Waals surface area contributed by atoms with E-state index in [-0.39, 0.29) is 0 Å². The molecule has 94 valence electrons. The van der Waals surface area contributed by atoms with Crippen LogP contribution in [0.25, 0.3) is 0 Å². The van der Waals surface area contributed by atoms with Crippen LogP contribution in [0.15, 0.2) is 41.1 Å². The molecular formula is C13H13BrClN3. The van der Waals surface area contributed by atoms with Gasteiger partial charge in [-0.15, -0.1) is 0 Å². The van der Waals surface area contributed by atoms with Crippen molar-refractivity contribution >= 4 is 33.3 Å². The Morgan fingerprint density at radius 3 is 2.78 bits per heavy atom. The molecule has 0 aliphatic rings. The first-order valence-electron chi connectivity index (χ1n) is 5.66. The maximum absolute atomic E-state index is 5.90. The lowest BCUT2D eigenvalue weighted by Crippen LogP contribution is -2.24. The number of hydrogen-bond donors (Lipinski definition) is 0. The van der Waals surface area contributed by atoms with Gasteiger partial charge in [0, 0.05) is 18.9 Å². The van der Waals surface area contributed by atoms with Crippen molar-refractivity contribution in [1.29, 1.82) is 0 Å². The van der Waals surface area contributed by atoms with Crippen LogP contribution < -0.4 is 4.90 Å². The zero-order chi connectivity index (χ0) is 13.0. The lowest BCUT2D eigenvalue weighted by atomic mass is 10.3. The summed E-state index contributed by atoms with van der Waals surface area (Å²) in [6, 6.07) is 7.76. The Hall–Kier alpha value is -1.13. The van der Waals surface area contributed by atoms with E-state index in [1.54, 1.807) is 12.4 Å². The lowest BCUT2D eigenvalue weighted by molar-refractivity contribution is 0.791. The molecule has 0 unspecified atom stereocenters. The van der Waals surface area contributed by atoms with Crippen LogP contribution in [0.2, 0.25) is 5.02 Å². The predicted molar refractivity (Wildman–Crippen MR) is 77.9 cm³/mol. The molecule has 0 spiro atoms. The summed E-state index contributed by atoms with van der Waals surface area (Å²) in [6.07, 6.45) is 3.45. The molecule has 0 N–H and O–H groups in total. The smallest absolute Gasteiger partial charge is 0.143 e. The van der Waals surface area contributed by atoms with Crippen LogP contribution in [0.4, 0.5) is 5.82 Å². The van der Waals surface area contributed by atoms with E-state index in [1.165, 1.54) is 0 Å². The van der Waals surface area contributed by atoms with Crippen molar-refractivity contribution in [3.8, 4) is 0 Å². The average molecular weight is 327 g/mol. The number of hydrogen-bond acceptors (Lipinski definition) is 3. The largest absolute Gasteiger partial charge is 0.350 e. The van der Waals surface area contributed by atoms with Gasteiger partial charge in [0.1, 0.15) is 5.82 Å². The maximum Gasteiger partial charge on any atom is 0.143 e. The SMILES string of the molecule is CCN(Cc1ccccn1)c1ncc(Cl)cc1Br. The molecule has 18 heavy (non-hydrogen) atoms. The third-order valence-corrected chi connectivity index (χ3v) is 3.34. The quantitative estimate of drug-likeness (QED) is 0.853. The fourth-order valence-corrected chi connectivity index (χ4v) is 2.55. The van der Waals surface area contributed by atoms with Crippen molar-refractivity contribution in [3.05, 3.63) is 51.8 Å². The number of halogens is 2. The van der Waals surface area contributed by atoms with Gasteiger partial charge in [-0.2, -0.15) is 0 Å². The highest BCUT2D eigenvalue weighted by molar-refractivity contribution is 9.10. The summed E-state index contributed by atoms with van der Waals surface area (Å²) < 4.78 is 0.896. The van der Waals surface area contributed by atoms with E-state index >= 15 is 0 Å². The van der Waals surface area contributed by atoms with Gasteiger partial charge in [0.25, 0.3) is 0 Å². The first kappa shape index (κ1) is 13.3. The van der Waals surface area contributed by atoms with E-state index in [9.17, 15) is 0 Å². The number of nitrogens with zero attached hydrogens (tertiary/aromatic N) is 3. The van der Waals surface area contributed by atoms with Crippen molar-refractivity contribution in [2.75, 3.05) is 11.4 Å². The molecule has 2 rings (SSSR count).